The van der Waals surface area contributed by atoms with Gasteiger partial charge in [0.25, 0.3) is 0 Å². The van der Waals surface area contributed by atoms with Gasteiger partial charge in [0.1, 0.15) is 6.07 Å². The number of carbonyl (C=O) groups excluding carboxylic acids is 1. The van der Waals surface area contributed by atoms with E-state index in [2.05, 4.69) is 10.6 Å². The quantitative estimate of drug-likeness (QED) is 0.783. The number of rotatable bonds is 2. The number of urea groups is 1. The van der Waals surface area contributed by atoms with Crippen LogP contribution >= 0.6 is 11.6 Å². The second kappa shape index (κ2) is 6.60. The molecule has 5 nitrogen and oxygen atoms in total. The van der Waals surface area contributed by atoms with Gasteiger partial charge < -0.3 is 15.7 Å². The van der Waals surface area contributed by atoms with Crippen LogP contribution in [0.2, 0.25) is 5.02 Å². The first kappa shape index (κ1) is 14.6. The molecule has 2 unspecified atom stereocenters. The van der Waals surface area contributed by atoms with Crippen LogP contribution in [0.25, 0.3) is 0 Å². The standard InChI is InChI=1S/C14H16ClN3O2/c15-11-7-10(6-5-9(11)8-16)17-14(20)18-12-3-1-2-4-13(12)19/h5-7,12-13,19H,1-4H2,(H2,17,18,20). The number of benzene rings is 1. The molecule has 3 N–H and O–H groups in total. The molecule has 2 rings (SSSR count). The molecule has 0 spiro atoms. The Morgan fingerprint density at radius 2 is 2.15 bits per heavy atom. The van der Waals surface area contributed by atoms with Crippen molar-refractivity contribution in [2.75, 3.05) is 5.32 Å². The zero-order valence-corrected chi connectivity index (χ0v) is 11.7. The van der Waals surface area contributed by atoms with Crippen LogP contribution in [0.4, 0.5) is 10.5 Å². The smallest absolute Gasteiger partial charge is 0.319 e. The fraction of sp³-hybridized carbons (Fsp3) is 0.429. The van der Waals surface area contributed by atoms with E-state index in [0.717, 1.165) is 19.3 Å². The fourth-order valence-corrected chi connectivity index (χ4v) is 2.52. The van der Waals surface area contributed by atoms with Crippen LogP contribution in [-0.2, 0) is 0 Å². The number of nitriles is 1. The highest BCUT2D eigenvalue weighted by Crippen LogP contribution is 2.21. The molecule has 0 heterocycles. The van der Waals surface area contributed by atoms with E-state index in [1.807, 2.05) is 6.07 Å². The van der Waals surface area contributed by atoms with Gasteiger partial charge in [0, 0.05) is 5.69 Å². The van der Waals surface area contributed by atoms with E-state index in [0.29, 0.717) is 22.7 Å². The number of carbonyl (C=O) groups is 1. The molecule has 6 heteroatoms. The summed E-state index contributed by atoms with van der Waals surface area (Å²) < 4.78 is 0. The molecule has 1 saturated carbocycles. The molecule has 0 aromatic heterocycles. The van der Waals surface area contributed by atoms with E-state index in [1.54, 1.807) is 12.1 Å². The minimum absolute atomic E-state index is 0.211. The highest BCUT2D eigenvalue weighted by molar-refractivity contribution is 6.32. The second-order valence-corrected chi connectivity index (χ2v) is 5.27. The summed E-state index contributed by atoms with van der Waals surface area (Å²) in [5.74, 6) is 0. The summed E-state index contributed by atoms with van der Waals surface area (Å²) >= 11 is 5.89. The summed E-state index contributed by atoms with van der Waals surface area (Å²) in [4.78, 5) is 11.9. The third kappa shape index (κ3) is 3.62. The minimum atomic E-state index is -0.487. The van der Waals surface area contributed by atoms with E-state index in [1.165, 1.54) is 6.07 Å². The lowest BCUT2D eigenvalue weighted by Crippen LogP contribution is -2.46. The lowest BCUT2D eigenvalue weighted by atomic mass is 9.93. The predicted octanol–water partition coefficient (Wildman–Crippen LogP) is 2.64. The number of aliphatic hydroxyl groups is 1. The van der Waals surface area contributed by atoms with Crippen LogP contribution in [0.15, 0.2) is 18.2 Å². The van der Waals surface area contributed by atoms with E-state index < -0.39 is 6.10 Å². The van der Waals surface area contributed by atoms with Gasteiger partial charge in [-0.1, -0.05) is 24.4 Å². The number of amides is 2. The van der Waals surface area contributed by atoms with Gasteiger partial charge in [-0.05, 0) is 31.0 Å². The Balaban J connectivity index is 1.94. The van der Waals surface area contributed by atoms with Crippen molar-refractivity contribution < 1.29 is 9.90 Å². The zero-order valence-electron chi connectivity index (χ0n) is 10.9. The number of anilines is 1. The molecular weight excluding hydrogens is 278 g/mol. The molecule has 1 aliphatic rings. The Kier molecular flexibility index (Phi) is 4.83. The van der Waals surface area contributed by atoms with Crippen LogP contribution in [-0.4, -0.2) is 23.3 Å². The second-order valence-electron chi connectivity index (χ2n) is 4.86. The molecule has 2 amide bonds. The summed E-state index contributed by atoms with van der Waals surface area (Å²) in [6.07, 6.45) is 3.01. The number of nitrogens with zero attached hydrogens (tertiary/aromatic N) is 1. The first-order valence-corrected chi connectivity index (χ1v) is 6.93. The van der Waals surface area contributed by atoms with Crippen LogP contribution < -0.4 is 10.6 Å². The number of nitrogens with one attached hydrogen (secondary N) is 2. The summed E-state index contributed by atoms with van der Waals surface area (Å²) in [6.45, 7) is 0. The van der Waals surface area contributed by atoms with Crippen molar-refractivity contribution in [2.24, 2.45) is 0 Å². The van der Waals surface area contributed by atoms with Crippen molar-refractivity contribution in [2.45, 2.75) is 37.8 Å². The van der Waals surface area contributed by atoms with Gasteiger partial charge in [0.05, 0.1) is 22.7 Å². The molecule has 0 aliphatic heterocycles. The van der Waals surface area contributed by atoms with Crippen molar-refractivity contribution in [3.63, 3.8) is 0 Å². The van der Waals surface area contributed by atoms with Gasteiger partial charge in [-0.2, -0.15) is 5.26 Å². The van der Waals surface area contributed by atoms with Gasteiger partial charge in [-0.15, -0.1) is 0 Å². The summed E-state index contributed by atoms with van der Waals surface area (Å²) in [6, 6.07) is 6.05. The summed E-state index contributed by atoms with van der Waals surface area (Å²) in [5.41, 5.74) is 0.872. The summed E-state index contributed by atoms with van der Waals surface area (Å²) in [5, 5.41) is 24.3. The normalized spacial score (nSPS) is 21.9. The largest absolute Gasteiger partial charge is 0.391 e. The van der Waals surface area contributed by atoms with Crippen molar-refractivity contribution in [3.05, 3.63) is 28.8 Å². The molecule has 2 atom stereocenters. The van der Waals surface area contributed by atoms with E-state index in [9.17, 15) is 9.90 Å². The monoisotopic (exact) mass is 293 g/mol. The molecule has 1 aliphatic carbocycles. The first-order chi connectivity index (χ1) is 9.60. The Hall–Kier alpha value is -1.77. The first-order valence-electron chi connectivity index (χ1n) is 6.55. The van der Waals surface area contributed by atoms with Gasteiger partial charge in [0.15, 0.2) is 0 Å². The van der Waals surface area contributed by atoms with Gasteiger partial charge in [-0.3, -0.25) is 0 Å². The summed E-state index contributed by atoms with van der Waals surface area (Å²) in [7, 11) is 0. The molecular formula is C14H16ClN3O2. The van der Waals surface area contributed by atoms with Crippen molar-refractivity contribution in [3.8, 4) is 6.07 Å². The lowest BCUT2D eigenvalue weighted by Gasteiger charge is -2.28. The molecule has 20 heavy (non-hydrogen) atoms. The van der Waals surface area contributed by atoms with Gasteiger partial charge in [0.2, 0.25) is 0 Å². The minimum Gasteiger partial charge on any atom is -0.391 e. The van der Waals surface area contributed by atoms with Crippen molar-refractivity contribution >= 4 is 23.3 Å². The molecule has 106 valence electrons. The van der Waals surface area contributed by atoms with Crippen molar-refractivity contribution in [1.82, 2.24) is 5.32 Å². The highest BCUT2D eigenvalue weighted by Gasteiger charge is 2.24. The number of halogens is 1. The lowest BCUT2D eigenvalue weighted by molar-refractivity contribution is 0.0955. The Bertz CT molecular complexity index is 542. The highest BCUT2D eigenvalue weighted by atomic mass is 35.5. The van der Waals surface area contributed by atoms with Crippen molar-refractivity contribution in [1.29, 1.82) is 5.26 Å². The average Bonchev–Trinajstić information content (AvgIpc) is 2.41. The molecule has 1 aromatic rings. The average molecular weight is 294 g/mol. The molecule has 1 fully saturated rings. The SMILES string of the molecule is N#Cc1ccc(NC(=O)NC2CCCCC2O)cc1Cl. The predicted molar refractivity (Wildman–Crippen MR) is 76.6 cm³/mol. The van der Waals surface area contributed by atoms with Gasteiger partial charge in [-0.25, -0.2) is 4.79 Å². The Morgan fingerprint density at radius 1 is 1.40 bits per heavy atom. The van der Waals surface area contributed by atoms with Crippen LogP contribution in [0.5, 0.6) is 0 Å². The van der Waals surface area contributed by atoms with E-state index >= 15 is 0 Å². The third-order valence-electron chi connectivity index (χ3n) is 3.39. The maximum Gasteiger partial charge on any atom is 0.319 e. The topological polar surface area (TPSA) is 85.2 Å². The van der Waals surface area contributed by atoms with E-state index in [4.69, 9.17) is 16.9 Å². The number of hydrogen-bond donors (Lipinski definition) is 3. The zero-order chi connectivity index (χ0) is 14.5. The fourth-order valence-electron chi connectivity index (χ4n) is 2.30. The molecule has 0 bridgehead atoms. The molecule has 0 saturated heterocycles. The van der Waals surface area contributed by atoms with Crippen LogP contribution in [0, 0.1) is 11.3 Å². The Labute approximate surface area is 122 Å². The Morgan fingerprint density at radius 3 is 2.80 bits per heavy atom. The molecule has 0 radical (unpaired) electrons. The van der Waals surface area contributed by atoms with Crippen LogP contribution in [0.1, 0.15) is 31.2 Å². The number of aliphatic hydroxyl groups excluding tert-OH is 1. The van der Waals surface area contributed by atoms with Gasteiger partial charge >= 0.3 is 6.03 Å². The van der Waals surface area contributed by atoms with E-state index in [-0.39, 0.29) is 12.1 Å². The maximum atomic E-state index is 11.9. The maximum absolute atomic E-state index is 11.9. The number of hydrogen-bond acceptors (Lipinski definition) is 3. The molecule has 1 aromatic carbocycles. The van der Waals surface area contributed by atoms with Crippen LogP contribution in [0.3, 0.4) is 0 Å². The third-order valence-corrected chi connectivity index (χ3v) is 3.71.